The summed E-state index contributed by atoms with van der Waals surface area (Å²) < 4.78 is 21.4. The molecule has 0 spiro atoms. The Morgan fingerprint density at radius 1 is 1.40 bits per heavy atom. The van der Waals surface area contributed by atoms with Gasteiger partial charge in [0.25, 0.3) is 0 Å². The predicted molar refractivity (Wildman–Crippen MR) is 57.4 cm³/mol. The van der Waals surface area contributed by atoms with Gasteiger partial charge in [-0.3, -0.25) is 4.21 Å². The average Bonchev–Trinajstić information content (AvgIpc) is 2.02. The molecule has 2 atom stereocenters. The summed E-state index contributed by atoms with van der Waals surface area (Å²) in [6.45, 7) is 2.33. The molecule has 0 saturated carbocycles. The molecule has 0 aromatic carbocycles. The molecule has 1 heterocycles. The van der Waals surface area contributed by atoms with Crippen LogP contribution in [0.1, 0.15) is 19.3 Å². The van der Waals surface area contributed by atoms with E-state index in [1.54, 1.807) is 0 Å². The van der Waals surface area contributed by atoms with Gasteiger partial charge in [-0.25, -0.2) is 0 Å². The van der Waals surface area contributed by atoms with Crippen molar-refractivity contribution >= 4 is 20.0 Å². The summed E-state index contributed by atoms with van der Waals surface area (Å²) in [6, 6.07) is 0. The van der Waals surface area contributed by atoms with Crippen molar-refractivity contribution in [2.75, 3.05) is 25.4 Å². The standard InChI is InChI=1S/C8H17NO3S2.Na/c10-8(7-14(11,12)13)6-9-4-2-1-3-5-9;/h8,10H,1-7H2,(H,11,12,13);/q;+1/p-1. The van der Waals surface area contributed by atoms with Crippen LogP contribution >= 0.6 is 0 Å². The van der Waals surface area contributed by atoms with Gasteiger partial charge in [-0.05, 0) is 45.9 Å². The van der Waals surface area contributed by atoms with E-state index in [1.807, 2.05) is 0 Å². The number of aliphatic hydroxyl groups is 1. The van der Waals surface area contributed by atoms with Crippen LogP contribution in [0.4, 0.5) is 0 Å². The zero-order valence-electron chi connectivity index (χ0n) is 9.05. The Morgan fingerprint density at radius 3 is 2.40 bits per heavy atom. The van der Waals surface area contributed by atoms with Gasteiger partial charge in [0.2, 0.25) is 0 Å². The van der Waals surface area contributed by atoms with Crippen molar-refractivity contribution in [2.24, 2.45) is 0 Å². The Bertz CT molecular complexity index is 265. The van der Waals surface area contributed by atoms with Crippen LogP contribution in [0, 0.1) is 0 Å². The molecule has 15 heavy (non-hydrogen) atoms. The van der Waals surface area contributed by atoms with Gasteiger partial charge in [0, 0.05) is 12.3 Å². The third kappa shape index (κ3) is 8.04. The molecule has 1 saturated heterocycles. The van der Waals surface area contributed by atoms with Crippen LogP contribution in [0.3, 0.4) is 0 Å². The summed E-state index contributed by atoms with van der Waals surface area (Å²) in [5, 5.41) is 9.45. The maximum absolute atomic E-state index is 10.7. The third-order valence-corrected chi connectivity index (χ3v) is 3.52. The monoisotopic (exact) mass is 261 g/mol. The van der Waals surface area contributed by atoms with E-state index in [0.717, 1.165) is 25.9 Å². The molecule has 7 heteroatoms. The molecule has 0 amide bonds. The number of hydrogen-bond acceptors (Lipinski definition) is 5. The molecule has 0 radical (unpaired) electrons. The molecular weight excluding hydrogens is 245 g/mol. The normalized spacial score (nSPS) is 23.9. The summed E-state index contributed by atoms with van der Waals surface area (Å²) in [6.07, 6.45) is 2.66. The summed E-state index contributed by atoms with van der Waals surface area (Å²) in [7, 11) is -3.47. The first kappa shape index (κ1) is 16.2. The SMILES string of the molecule is O=S([O-])(=S)CC(O)CN1CCCCC1.[Na+]. The minimum absolute atomic E-state index is 0. The molecule has 1 aliphatic heterocycles. The molecular formula is C8H16NNaO3S2. The van der Waals surface area contributed by atoms with E-state index in [0.29, 0.717) is 6.54 Å². The second-order valence-corrected chi connectivity index (χ2v) is 6.71. The average molecular weight is 261 g/mol. The van der Waals surface area contributed by atoms with Crippen LogP contribution in [0.2, 0.25) is 0 Å². The van der Waals surface area contributed by atoms with Crippen LogP contribution < -0.4 is 29.6 Å². The fraction of sp³-hybridized carbons (Fsp3) is 1.00. The third-order valence-electron chi connectivity index (χ3n) is 2.31. The zero-order chi connectivity index (χ0) is 10.6. The maximum atomic E-state index is 10.7. The van der Waals surface area contributed by atoms with E-state index in [4.69, 9.17) is 0 Å². The smallest absolute Gasteiger partial charge is 0.769 e. The summed E-state index contributed by atoms with van der Waals surface area (Å²) >= 11 is 4.22. The molecule has 0 aliphatic carbocycles. The number of nitrogens with zero attached hydrogens (tertiary/aromatic N) is 1. The number of likely N-dealkylation sites (tertiary alicyclic amines) is 1. The van der Waals surface area contributed by atoms with Gasteiger partial charge < -0.3 is 14.6 Å². The number of rotatable bonds is 4. The molecule has 0 bridgehead atoms. The fourth-order valence-electron chi connectivity index (χ4n) is 1.73. The van der Waals surface area contributed by atoms with Gasteiger partial charge in [-0.15, -0.1) is 0 Å². The van der Waals surface area contributed by atoms with Crippen LogP contribution in [0.5, 0.6) is 0 Å². The molecule has 1 rings (SSSR count). The van der Waals surface area contributed by atoms with Gasteiger partial charge in [0.15, 0.2) is 0 Å². The quantitative estimate of drug-likeness (QED) is 0.538. The predicted octanol–water partition coefficient (Wildman–Crippen LogP) is -3.29. The number of aliphatic hydroxyl groups excluding tert-OH is 1. The summed E-state index contributed by atoms with van der Waals surface area (Å²) in [4.78, 5) is 2.09. The minimum Gasteiger partial charge on any atom is -0.769 e. The van der Waals surface area contributed by atoms with E-state index in [2.05, 4.69) is 16.1 Å². The van der Waals surface area contributed by atoms with Crippen molar-refractivity contribution in [3.63, 3.8) is 0 Å². The largest absolute Gasteiger partial charge is 1.00 e. The van der Waals surface area contributed by atoms with Crippen molar-refractivity contribution in [1.82, 2.24) is 4.90 Å². The van der Waals surface area contributed by atoms with Crippen molar-refractivity contribution < 1.29 is 43.4 Å². The van der Waals surface area contributed by atoms with Gasteiger partial charge >= 0.3 is 29.6 Å². The summed E-state index contributed by atoms with van der Waals surface area (Å²) in [5.41, 5.74) is 0. The Hall–Kier alpha value is 1.25. The number of piperidine rings is 1. The van der Waals surface area contributed by atoms with Crippen LogP contribution in [0.15, 0.2) is 0 Å². The first-order chi connectivity index (χ1) is 6.47. The van der Waals surface area contributed by atoms with Crippen molar-refractivity contribution in [2.45, 2.75) is 25.4 Å². The molecule has 4 nitrogen and oxygen atoms in total. The Labute approximate surface area is 118 Å². The molecule has 1 aliphatic rings. The van der Waals surface area contributed by atoms with E-state index in [9.17, 15) is 13.9 Å². The second-order valence-electron chi connectivity index (χ2n) is 3.74. The van der Waals surface area contributed by atoms with E-state index in [1.165, 1.54) is 6.42 Å². The molecule has 2 unspecified atom stereocenters. The first-order valence-corrected chi connectivity index (χ1v) is 7.39. The number of β-amino-alcohol motifs (C(OH)–C–C–N with tert-alkyl or cyclic N) is 1. The van der Waals surface area contributed by atoms with Crippen molar-refractivity contribution in [1.29, 1.82) is 0 Å². The van der Waals surface area contributed by atoms with Crippen molar-refractivity contribution in [3.05, 3.63) is 0 Å². The Balaban J connectivity index is 0.00000196. The zero-order valence-corrected chi connectivity index (χ0v) is 12.7. The Morgan fingerprint density at radius 2 is 1.93 bits per heavy atom. The van der Waals surface area contributed by atoms with Crippen LogP contribution in [-0.2, 0) is 20.0 Å². The van der Waals surface area contributed by atoms with Gasteiger partial charge in [-0.2, -0.15) is 0 Å². The minimum atomic E-state index is -3.47. The van der Waals surface area contributed by atoms with Gasteiger partial charge in [-0.1, -0.05) is 6.42 Å². The molecule has 0 aromatic rings. The van der Waals surface area contributed by atoms with Crippen LogP contribution in [0.25, 0.3) is 0 Å². The number of hydrogen-bond donors (Lipinski definition) is 1. The molecule has 1 N–H and O–H groups in total. The summed E-state index contributed by atoms with van der Waals surface area (Å²) in [5.74, 6) is -0.307. The van der Waals surface area contributed by atoms with Gasteiger partial charge in [0.05, 0.1) is 6.10 Å². The maximum Gasteiger partial charge on any atom is 1.00 e. The molecule has 0 aromatic heterocycles. The molecule has 1 fully saturated rings. The van der Waals surface area contributed by atoms with E-state index in [-0.39, 0.29) is 35.3 Å². The fourth-order valence-corrected chi connectivity index (χ4v) is 2.78. The second kappa shape index (κ2) is 7.55. The van der Waals surface area contributed by atoms with E-state index >= 15 is 0 Å². The Kier molecular flexibility index (Phi) is 8.18. The van der Waals surface area contributed by atoms with Gasteiger partial charge in [0.1, 0.15) is 0 Å². The van der Waals surface area contributed by atoms with E-state index < -0.39 is 14.9 Å². The molecule has 84 valence electrons. The van der Waals surface area contributed by atoms with Crippen molar-refractivity contribution in [3.8, 4) is 0 Å². The first-order valence-electron chi connectivity index (χ1n) is 4.81. The van der Waals surface area contributed by atoms with Crippen LogP contribution in [-0.4, -0.2) is 50.3 Å². The topological polar surface area (TPSA) is 63.6 Å².